The summed E-state index contributed by atoms with van der Waals surface area (Å²) in [4.78, 5) is 29.7. The van der Waals surface area contributed by atoms with Crippen molar-refractivity contribution >= 4 is 34.1 Å². The minimum atomic E-state index is -0.203. The van der Waals surface area contributed by atoms with E-state index in [9.17, 15) is 9.59 Å². The largest absolute Gasteiger partial charge is 0.352 e. The summed E-state index contributed by atoms with van der Waals surface area (Å²) in [6.07, 6.45) is 0.811. The van der Waals surface area contributed by atoms with E-state index in [1.54, 1.807) is 24.3 Å². The molecule has 0 unspecified atom stereocenters. The second-order valence-corrected chi connectivity index (χ2v) is 7.47. The van der Waals surface area contributed by atoms with Crippen molar-refractivity contribution in [1.82, 2.24) is 19.9 Å². The Morgan fingerprint density at radius 2 is 1.77 bits per heavy atom. The fourth-order valence-electron chi connectivity index (χ4n) is 3.84. The van der Waals surface area contributed by atoms with Crippen molar-refractivity contribution in [3.63, 3.8) is 0 Å². The fourth-order valence-corrected chi connectivity index (χ4v) is 3.84. The van der Waals surface area contributed by atoms with Crippen molar-refractivity contribution in [3.05, 3.63) is 71.0 Å². The molecule has 158 valence electrons. The van der Waals surface area contributed by atoms with Gasteiger partial charge < -0.3 is 10.6 Å². The maximum atomic E-state index is 12.7. The summed E-state index contributed by atoms with van der Waals surface area (Å²) in [5.74, 6) is -0.355. The molecule has 0 atom stereocenters. The Morgan fingerprint density at radius 3 is 2.58 bits per heavy atom. The van der Waals surface area contributed by atoms with E-state index in [1.165, 1.54) is 0 Å². The van der Waals surface area contributed by atoms with Gasteiger partial charge in [0.05, 0.1) is 16.8 Å². The van der Waals surface area contributed by atoms with Crippen LogP contribution in [0.1, 0.15) is 40.7 Å². The van der Waals surface area contributed by atoms with Crippen LogP contribution in [0.15, 0.2) is 48.5 Å². The van der Waals surface area contributed by atoms with E-state index in [-0.39, 0.29) is 18.2 Å². The van der Waals surface area contributed by atoms with Gasteiger partial charge in [-0.1, -0.05) is 24.3 Å². The topological polar surface area (TPSA) is 88.4 Å². The molecule has 0 spiro atoms. The number of anilines is 1. The first-order valence-corrected chi connectivity index (χ1v) is 10.4. The number of nitrogens with one attached hydrogen (secondary N) is 2. The van der Waals surface area contributed by atoms with Crippen molar-refractivity contribution in [2.75, 3.05) is 11.9 Å². The first-order chi connectivity index (χ1) is 15.0. The van der Waals surface area contributed by atoms with Crippen LogP contribution in [0.4, 0.5) is 5.69 Å². The molecule has 2 amide bonds. The highest BCUT2D eigenvalue weighted by atomic mass is 16.2. The molecule has 0 aliphatic rings. The average molecular weight is 415 g/mol. The lowest BCUT2D eigenvalue weighted by Gasteiger charge is -2.13. The first-order valence-electron chi connectivity index (χ1n) is 10.4. The number of rotatable bonds is 6. The van der Waals surface area contributed by atoms with Gasteiger partial charge in [-0.15, -0.1) is 0 Å². The Bertz CT molecular complexity index is 1290. The van der Waals surface area contributed by atoms with Crippen LogP contribution in [0.5, 0.6) is 0 Å². The molecule has 7 nitrogen and oxygen atoms in total. The van der Waals surface area contributed by atoms with Crippen LogP contribution in [0.3, 0.4) is 0 Å². The lowest BCUT2D eigenvalue weighted by molar-refractivity contribution is -0.116. The van der Waals surface area contributed by atoms with E-state index in [2.05, 4.69) is 15.7 Å². The molecule has 0 aliphatic heterocycles. The van der Waals surface area contributed by atoms with Gasteiger partial charge in [-0.3, -0.25) is 9.59 Å². The van der Waals surface area contributed by atoms with Crippen LogP contribution in [0.25, 0.3) is 16.6 Å². The minimum absolute atomic E-state index is 0.152. The normalized spacial score (nSPS) is 11.1. The van der Waals surface area contributed by atoms with Gasteiger partial charge in [0.15, 0.2) is 5.65 Å². The molecule has 2 aromatic heterocycles. The maximum absolute atomic E-state index is 12.7. The molecule has 2 aromatic carbocycles. The zero-order chi connectivity index (χ0) is 22.0. The smallest absolute Gasteiger partial charge is 0.253 e. The van der Waals surface area contributed by atoms with E-state index in [0.717, 1.165) is 33.5 Å². The molecule has 2 heterocycles. The van der Waals surface area contributed by atoms with Crippen LogP contribution in [0.2, 0.25) is 0 Å². The van der Waals surface area contributed by atoms with Gasteiger partial charge >= 0.3 is 0 Å². The predicted octanol–water partition coefficient (Wildman–Crippen LogP) is 3.82. The number of nitrogens with zero attached hydrogens (tertiary/aromatic N) is 3. The lowest BCUT2D eigenvalue weighted by atomic mass is 10.1. The second-order valence-electron chi connectivity index (χ2n) is 7.47. The summed E-state index contributed by atoms with van der Waals surface area (Å²) in [5, 5.41) is 11.3. The third-order valence-corrected chi connectivity index (χ3v) is 5.40. The van der Waals surface area contributed by atoms with Crippen molar-refractivity contribution in [2.24, 2.45) is 0 Å². The van der Waals surface area contributed by atoms with Gasteiger partial charge in [0.1, 0.15) is 0 Å². The van der Waals surface area contributed by atoms with E-state index < -0.39 is 0 Å². The summed E-state index contributed by atoms with van der Waals surface area (Å²) in [7, 11) is 0. The van der Waals surface area contributed by atoms with Gasteiger partial charge in [0, 0.05) is 29.7 Å². The van der Waals surface area contributed by atoms with Crippen LogP contribution >= 0.6 is 0 Å². The molecular weight excluding hydrogens is 390 g/mol. The molecule has 4 rings (SSSR count). The Morgan fingerprint density at radius 1 is 1.03 bits per heavy atom. The molecule has 0 saturated heterocycles. The molecule has 2 N–H and O–H groups in total. The summed E-state index contributed by atoms with van der Waals surface area (Å²) in [6.45, 7) is 6.35. The second kappa shape index (κ2) is 8.55. The molecular formula is C24H25N5O2. The summed E-state index contributed by atoms with van der Waals surface area (Å²) < 4.78 is 1.86. The Balaban J connectivity index is 1.54. The Labute approximate surface area is 180 Å². The lowest BCUT2D eigenvalue weighted by Crippen LogP contribution is -2.24. The third kappa shape index (κ3) is 3.99. The van der Waals surface area contributed by atoms with Crippen molar-refractivity contribution in [1.29, 1.82) is 0 Å². The average Bonchev–Trinajstić information content (AvgIpc) is 3.13. The number of hydrogen-bond acceptors (Lipinski definition) is 4. The van der Waals surface area contributed by atoms with Crippen LogP contribution in [0, 0.1) is 13.8 Å². The van der Waals surface area contributed by atoms with Crippen LogP contribution in [-0.2, 0) is 11.2 Å². The van der Waals surface area contributed by atoms with Crippen LogP contribution in [-0.4, -0.2) is 33.0 Å². The number of amides is 2. The van der Waals surface area contributed by atoms with E-state index in [4.69, 9.17) is 4.98 Å². The molecule has 0 fully saturated rings. The fraction of sp³-hybridized carbons (Fsp3) is 0.250. The molecule has 4 aromatic rings. The monoisotopic (exact) mass is 415 g/mol. The highest BCUT2D eigenvalue weighted by Gasteiger charge is 2.16. The number of benzene rings is 2. The molecule has 0 bridgehead atoms. The van der Waals surface area contributed by atoms with E-state index >= 15 is 0 Å². The van der Waals surface area contributed by atoms with Crippen LogP contribution < -0.4 is 10.6 Å². The predicted molar refractivity (Wildman–Crippen MR) is 121 cm³/mol. The number of carbonyl (C=O) groups excluding carboxylic acids is 2. The molecule has 7 heteroatoms. The quantitative estimate of drug-likeness (QED) is 0.501. The number of para-hydroxylation sites is 1. The number of hydrogen-bond donors (Lipinski definition) is 2. The first kappa shape index (κ1) is 20.5. The Hall–Kier alpha value is -3.74. The van der Waals surface area contributed by atoms with Crippen molar-refractivity contribution in [3.8, 4) is 0 Å². The minimum Gasteiger partial charge on any atom is -0.352 e. The van der Waals surface area contributed by atoms with Gasteiger partial charge in [0.2, 0.25) is 5.91 Å². The number of carbonyl (C=O) groups is 2. The number of aryl methyl sites for hydroxylation is 2. The SMILES string of the molecule is CCNC(=O)c1ccccc1NC(=O)CCc1c(C)nc2c3ccccc3nn2c1C. The third-order valence-electron chi connectivity index (χ3n) is 5.40. The Kier molecular flexibility index (Phi) is 5.66. The summed E-state index contributed by atoms with van der Waals surface area (Å²) in [6, 6.07) is 14.9. The summed E-state index contributed by atoms with van der Waals surface area (Å²) in [5.41, 5.74) is 5.58. The van der Waals surface area contributed by atoms with Gasteiger partial charge in [-0.25, -0.2) is 9.50 Å². The number of fused-ring (bicyclic) bond motifs is 3. The van der Waals surface area contributed by atoms with E-state index in [1.807, 2.05) is 49.6 Å². The standard InChI is InChI=1S/C24H25N5O2/c1-4-25-24(31)19-10-6-7-11-20(19)27-22(30)14-13-17-15(2)26-23-18-9-5-8-12-21(18)28-29(23)16(17)3/h5-12H,4,13-14H2,1-3H3,(H,25,31)(H,27,30). The van der Waals surface area contributed by atoms with Crippen molar-refractivity contribution in [2.45, 2.75) is 33.6 Å². The van der Waals surface area contributed by atoms with Gasteiger partial charge in [-0.2, -0.15) is 5.10 Å². The van der Waals surface area contributed by atoms with Crippen molar-refractivity contribution < 1.29 is 9.59 Å². The van der Waals surface area contributed by atoms with Gasteiger partial charge in [0.25, 0.3) is 5.91 Å². The molecule has 0 aliphatic carbocycles. The van der Waals surface area contributed by atoms with Gasteiger partial charge in [-0.05, 0) is 57.0 Å². The maximum Gasteiger partial charge on any atom is 0.253 e. The molecule has 0 radical (unpaired) electrons. The molecule has 0 saturated carbocycles. The number of aromatic nitrogens is 3. The molecule has 31 heavy (non-hydrogen) atoms. The zero-order valence-electron chi connectivity index (χ0n) is 17.9. The zero-order valence-corrected chi connectivity index (χ0v) is 17.9. The highest BCUT2D eigenvalue weighted by Crippen LogP contribution is 2.23. The summed E-state index contributed by atoms with van der Waals surface area (Å²) >= 11 is 0. The highest BCUT2D eigenvalue weighted by molar-refractivity contribution is 6.03. The van der Waals surface area contributed by atoms with E-state index in [0.29, 0.717) is 24.2 Å².